The molecule has 5 rings (SSSR count). The maximum atomic E-state index is 13.5. The van der Waals surface area contributed by atoms with E-state index >= 15 is 0 Å². The summed E-state index contributed by atoms with van der Waals surface area (Å²) < 4.78 is 21.3. The Labute approximate surface area is 267 Å². The van der Waals surface area contributed by atoms with E-state index in [-0.39, 0.29) is 18.5 Å². The van der Waals surface area contributed by atoms with Gasteiger partial charge in [0.2, 0.25) is 0 Å². The zero-order valence-electron chi connectivity index (χ0n) is 25.3. The van der Waals surface area contributed by atoms with Crippen LogP contribution >= 0.6 is 11.6 Å². The van der Waals surface area contributed by atoms with E-state index in [1.807, 2.05) is 48.2 Å². The molecule has 0 amide bonds. The normalized spacial score (nSPS) is 18.2. The number of nitrogens with zero attached hydrogens (tertiary/aromatic N) is 3. The molecule has 45 heavy (non-hydrogen) atoms. The number of nitrogens with one attached hydrogen (secondary N) is 2. The number of hydrogen-bond acceptors (Lipinski definition) is 7. The molecule has 0 spiro atoms. The molecule has 2 heterocycles. The summed E-state index contributed by atoms with van der Waals surface area (Å²) in [7, 11) is 0. The third kappa shape index (κ3) is 9.02. The van der Waals surface area contributed by atoms with Crippen LogP contribution in [0.1, 0.15) is 43.7 Å². The van der Waals surface area contributed by atoms with Crippen LogP contribution in [0.15, 0.2) is 73.3 Å². The summed E-state index contributed by atoms with van der Waals surface area (Å²) in [6.45, 7) is 7.24. The fraction of sp³-hybridized carbons (Fsp3) is 0.314. The van der Waals surface area contributed by atoms with Crippen LogP contribution in [0.4, 0.5) is 15.9 Å². The van der Waals surface area contributed by atoms with Crippen LogP contribution in [0.2, 0.25) is 5.02 Å². The minimum atomic E-state index is -0.537. The van der Waals surface area contributed by atoms with Crippen LogP contribution in [0.3, 0.4) is 0 Å². The largest absolute Gasteiger partial charge is 0.487 e. The maximum Gasteiger partial charge on any atom is 0.141 e. The number of rotatable bonds is 12. The standard InChI is InChI=1S/C35H39ClFN5O3/c1-3-25(26-13-14-42(19-26)20-31(44)18-38-28-7-10-30(43)11-8-28)16-32-23(2)39-22-40-35(32)41-29-9-12-34(33(36)17-29)45-21-24-5-4-6-27(37)15-24/h3-6,9,12-17,19,22,28,30-31,38,43-44H,2,7-8,10-11,18,20-21H2,1H3,(H,39,40,41)/b25-3+,32-16+. The molecule has 1 saturated carbocycles. The van der Waals surface area contributed by atoms with Gasteiger partial charge in [0.1, 0.15) is 30.3 Å². The number of ether oxygens (including phenoxy) is 1. The fourth-order valence-corrected chi connectivity index (χ4v) is 5.64. The third-order valence-electron chi connectivity index (χ3n) is 7.90. The van der Waals surface area contributed by atoms with Gasteiger partial charge in [-0.25, -0.2) is 14.4 Å². The number of benzene rings is 2. The highest BCUT2D eigenvalue weighted by atomic mass is 35.5. The van der Waals surface area contributed by atoms with Crippen molar-refractivity contribution in [3.63, 3.8) is 0 Å². The zero-order valence-corrected chi connectivity index (χ0v) is 26.1. The molecule has 10 heteroatoms. The Hall–Kier alpha value is -4.02. The van der Waals surface area contributed by atoms with E-state index < -0.39 is 6.10 Å². The van der Waals surface area contributed by atoms with Crippen LogP contribution in [0, 0.1) is 5.82 Å². The molecule has 0 radical (unpaired) electrons. The van der Waals surface area contributed by atoms with E-state index in [9.17, 15) is 14.6 Å². The molecule has 0 bridgehead atoms. The lowest BCUT2D eigenvalue weighted by molar-refractivity contribution is 0.106. The van der Waals surface area contributed by atoms with Crippen molar-refractivity contribution < 1.29 is 19.3 Å². The minimum absolute atomic E-state index is 0.191. The van der Waals surface area contributed by atoms with Crippen LogP contribution < -0.4 is 25.9 Å². The van der Waals surface area contributed by atoms with Gasteiger partial charge in [0.15, 0.2) is 0 Å². The van der Waals surface area contributed by atoms with E-state index in [0.717, 1.165) is 42.0 Å². The molecular weight excluding hydrogens is 593 g/mol. The first-order valence-corrected chi connectivity index (χ1v) is 15.5. The molecule has 0 aliphatic heterocycles. The Morgan fingerprint density at radius 1 is 1.18 bits per heavy atom. The maximum absolute atomic E-state index is 13.5. The lowest BCUT2D eigenvalue weighted by atomic mass is 9.93. The number of aliphatic hydroxyl groups is 2. The molecular formula is C35H39ClFN5O3. The van der Waals surface area contributed by atoms with Gasteiger partial charge < -0.3 is 30.2 Å². The Bertz CT molecular complexity index is 1740. The van der Waals surface area contributed by atoms with Gasteiger partial charge in [-0.05, 0) is 91.8 Å². The number of allylic oxidation sites excluding steroid dienone is 2. The van der Waals surface area contributed by atoms with Gasteiger partial charge in [0.25, 0.3) is 0 Å². The number of aromatic nitrogens is 3. The summed E-state index contributed by atoms with van der Waals surface area (Å²) >= 11 is 6.52. The van der Waals surface area contributed by atoms with E-state index in [1.165, 1.54) is 18.5 Å². The van der Waals surface area contributed by atoms with Gasteiger partial charge in [-0.3, -0.25) is 0 Å². The molecule has 1 aliphatic carbocycles. The van der Waals surface area contributed by atoms with Crippen LogP contribution in [0.5, 0.6) is 5.75 Å². The molecule has 2 aromatic heterocycles. The van der Waals surface area contributed by atoms with Crippen LogP contribution in [0.25, 0.3) is 18.2 Å². The monoisotopic (exact) mass is 631 g/mol. The quantitative estimate of drug-likeness (QED) is 0.176. The van der Waals surface area contributed by atoms with Crippen molar-refractivity contribution in [1.82, 2.24) is 19.9 Å². The van der Waals surface area contributed by atoms with Gasteiger partial charge in [-0.15, -0.1) is 0 Å². The van der Waals surface area contributed by atoms with Crippen molar-refractivity contribution in [2.45, 2.75) is 64.0 Å². The number of aliphatic hydroxyl groups excluding tert-OH is 2. The topological polar surface area (TPSA) is 104 Å². The molecule has 1 aliphatic rings. The van der Waals surface area contributed by atoms with Crippen molar-refractivity contribution >= 4 is 41.3 Å². The van der Waals surface area contributed by atoms with E-state index in [0.29, 0.717) is 52.3 Å². The highest BCUT2D eigenvalue weighted by Gasteiger charge is 2.19. The second-order valence-electron chi connectivity index (χ2n) is 11.3. The summed E-state index contributed by atoms with van der Waals surface area (Å²) in [6, 6.07) is 13.9. The van der Waals surface area contributed by atoms with Gasteiger partial charge in [-0.1, -0.05) is 36.4 Å². The Kier molecular flexibility index (Phi) is 11.0. The van der Waals surface area contributed by atoms with Crippen LogP contribution in [-0.4, -0.2) is 49.5 Å². The van der Waals surface area contributed by atoms with Crippen molar-refractivity contribution in [2.75, 3.05) is 11.9 Å². The predicted molar refractivity (Wildman–Crippen MR) is 177 cm³/mol. The predicted octanol–water partition coefficient (Wildman–Crippen LogP) is 4.94. The van der Waals surface area contributed by atoms with Crippen molar-refractivity contribution in [3.05, 3.63) is 106 Å². The zero-order chi connectivity index (χ0) is 31.8. The summed E-state index contributed by atoms with van der Waals surface area (Å²) in [4.78, 5) is 8.78. The van der Waals surface area contributed by atoms with Crippen molar-refractivity contribution in [3.8, 4) is 5.75 Å². The van der Waals surface area contributed by atoms with E-state index in [4.69, 9.17) is 16.3 Å². The Morgan fingerprint density at radius 3 is 2.76 bits per heavy atom. The average Bonchev–Trinajstić information content (AvgIpc) is 3.48. The molecule has 8 nitrogen and oxygen atoms in total. The Morgan fingerprint density at radius 2 is 2.00 bits per heavy atom. The van der Waals surface area contributed by atoms with Crippen LogP contribution in [-0.2, 0) is 13.2 Å². The molecule has 4 aromatic rings. The molecule has 4 N–H and O–H groups in total. The Balaban J connectivity index is 1.25. The first-order chi connectivity index (χ1) is 21.8. The van der Waals surface area contributed by atoms with Crippen molar-refractivity contribution in [2.24, 2.45) is 0 Å². The van der Waals surface area contributed by atoms with Gasteiger partial charge in [0, 0.05) is 42.4 Å². The number of anilines is 2. The van der Waals surface area contributed by atoms with Gasteiger partial charge in [-0.2, -0.15) is 0 Å². The molecule has 0 saturated heterocycles. The molecule has 1 fully saturated rings. The number of hydrogen-bond donors (Lipinski definition) is 4. The third-order valence-corrected chi connectivity index (χ3v) is 8.19. The molecule has 236 valence electrons. The average molecular weight is 632 g/mol. The highest BCUT2D eigenvalue weighted by molar-refractivity contribution is 6.32. The van der Waals surface area contributed by atoms with E-state index in [1.54, 1.807) is 24.3 Å². The first kappa shape index (κ1) is 32.4. The smallest absolute Gasteiger partial charge is 0.141 e. The lowest BCUT2D eigenvalue weighted by Crippen LogP contribution is -2.40. The fourth-order valence-electron chi connectivity index (χ4n) is 5.41. The second-order valence-corrected chi connectivity index (χ2v) is 11.7. The first-order valence-electron chi connectivity index (χ1n) is 15.1. The molecule has 2 aromatic carbocycles. The SMILES string of the molecule is C=c1ncnc(Nc2ccc(OCc3cccc(F)c3)c(Cl)c2)/c1=C/C(=C\C)c1ccn(CC(O)CNC2CCC(O)CC2)c1. The van der Waals surface area contributed by atoms with Gasteiger partial charge in [0.05, 0.1) is 22.6 Å². The summed E-state index contributed by atoms with van der Waals surface area (Å²) in [5.74, 6) is 0.728. The summed E-state index contributed by atoms with van der Waals surface area (Å²) in [5.41, 5.74) is 3.34. The highest BCUT2D eigenvalue weighted by Crippen LogP contribution is 2.29. The van der Waals surface area contributed by atoms with Crippen molar-refractivity contribution in [1.29, 1.82) is 0 Å². The number of halogens is 2. The van der Waals surface area contributed by atoms with Gasteiger partial charge >= 0.3 is 0 Å². The summed E-state index contributed by atoms with van der Waals surface area (Å²) in [6.07, 6.45) is 12.2. The molecule has 1 atom stereocenters. The lowest BCUT2D eigenvalue weighted by Gasteiger charge is -2.27. The van der Waals surface area contributed by atoms with E-state index in [2.05, 4.69) is 27.2 Å². The summed E-state index contributed by atoms with van der Waals surface area (Å²) in [5, 5.41) is 28.8. The minimum Gasteiger partial charge on any atom is -0.487 e. The second kappa shape index (κ2) is 15.3. The molecule has 1 unspecified atom stereocenters.